The summed E-state index contributed by atoms with van der Waals surface area (Å²) < 4.78 is 10.3. The van der Waals surface area contributed by atoms with Crippen molar-refractivity contribution >= 4 is 17.8 Å². The molecule has 0 saturated carbocycles. The van der Waals surface area contributed by atoms with Crippen LogP contribution in [-0.4, -0.2) is 41.9 Å². The largest absolute Gasteiger partial charge is 0.484 e. The number of hydrogen-bond donors (Lipinski definition) is 1. The maximum atomic E-state index is 12.5. The van der Waals surface area contributed by atoms with E-state index < -0.39 is 11.9 Å². The van der Waals surface area contributed by atoms with E-state index in [1.807, 2.05) is 44.2 Å². The Labute approximate surface area is 164 Å². The van der Waals surface area contributed by atoms with Crippen molar-refractivity contribution < 1.29 is 23.9 Å². The van der Waals surface area contributed by atoms with Crippen LogP contribution in [0.1, 0.15) is 29.8 Å². The topological polar surface area (TPSA) is 98.9 Å². The SMILES string of the molecule is CC(C)N(Cc1ccccc1)C(=O)COC(=O)c1ccc(OCC(N)=O)cc1. The molecule has 0 bridgehead atoms. The fraction of sp³-hybridized carbons (Fsp3) is 0.286. The molecule has 0 aliphatic rings. The molecule has 0 unspecified atom stereocenters. The average Bonchev–Trinajstić information content (AvgIpc) is 2.69. The van der Waals surface area contributed by atoms with Gasteiger partial charge in [0.05, 0.1) is 5.56 Å². The first-order valence-corrected chi connectivity index (χ1v) is 8.88. The van der Waals surface area contributed by atoms with Gasteiger partial charge >= 0.3 is 5.97 Å². The van der Waals surface area contributed by atoms with Crippen LogP contribution in [0.25, 0.3) is 0 Å². The maximum absolute atomic E-state index is 12.5. The summed E-state index contributed by atoms with van der Waals surface area (Å²) >= 11 is 0. The van der Waals surface area contributed by atoms with Crippen LogP contribution in [0.4, 0.5) is 0 Å². The number of carbonyl (C=O) groups excluding carboxylic acids is 3. The molecule has 0 aromatic heterocycles. The second-order valence-corrected chi connectivity index (χ2v) is 6.46. The maximum Gasteiger partial charge on any atom is 0.338 e. The van der Waals surface area contributed by atoms with Gasteiger partial charge in [0.1, 0.15) is 5.75 Å². The van der Waals surface area contributed by atoms with E-state index in [0.29, 0.717) is 12.3 Å². The van der Waals surface area contributed by atoms with Gasteiger partial charge in [-0.2, -0.15) is 0 Å². The lowest BCUT2D eigenvalue weighted by Crippen LogP contribution is -2.39. The van der Waals surface area contributed by atoms with Gasteiger partial charge in [0.2, 0.25) is 0 Å². The van der Waals surface area contributed by atoms with Gasteiger partial charge in [0.25, 0.3) is 11.8 Å². The number of carbonyl (C=O) groups is 3. The van der Waals surface area contributed by atoms with Crippen LogP contribution < -0.4 is 10.5 Å². The quantitative estimate of drug-likeness (QED) is 0.668. The van der Waals surface area contributed by atoms with Crippen LogP contribution in [0.2, 0.25) is 0 Å². The van der Waals surface area contributed by atoms with E-state index in [4.69, 9.17) is 15.2 Å². The van der Waals surface area contributed by atoms with Crippen molar-refractivity contribution in [2.24, 2.45) is 5.73 Å². The van der Waals surface area contributed by atoms with Crippen LogP contribution in [0, 0.1) is 0 Å². The molecule has 0 saturated heterocycles. The first-order chi connectivity index (χ1) is 13.4. The summed E-state index contributed by atoms with van der Waals surface area (Å²) in [5.41, 5.74) is 6.28. The van der Waals surface area contributed by atoms with Crippen molar-refractivity contribution in [2.45, 2.75) is 26.4 Å². The molecule has 2 aromatic rings. The van der Waals surface area contributed by atoms with Gasteiger partial charge < -0.3 is 20.1 Å². The Bertz CT molecular complexity index is 803. The second-order valence-electron chi connectivity index (χ2n) is 6.46. The highest BCUT2D eigenvalue weighted by Gasteiger charge is 2.19. The third-order valence-corrected chi connectivity index (χ3v) is 3.94. The molecule has 0 fully saturated rings. The highest BCUT2D eigenvalue weighted by atomic mass is 16.5. The van der Waals surface area contributed by atoms with Crippen LogP contribution >= 0.6 is 0 Å². The molecule has 0 aliphatic carbocycles. The Morgan fingerprint density at radius 1 is 0.964 bits per heavy atom. The number of amides is 2. The minimum absolute atomic E-state index is 0.0342. The fourth-order valence-electron chi connectivity index (χ4n) is 2.47. The number of nitrogens with zero attached hydrogens (tertiary/aromatic N) is 1. The Balaban J connectivity index is 1.91. The Kier molecular flexibility index (Phi) is 7.56. The summed E-state index contributed by atoms with van der Waals surface area (Å²) in [5.74, 6) is -1.07. The predicted molar refractivity (Wildman–Crippen MR) is 104 cm³/mol. The monoisotopic (exact) mass is 384 g/mol. The van der Waals surface area contributed by atoms with Crippen LogP contribution in [0.5, 0.6) is 5.75 Å². The average molecular weight is 384 g/mol. The summed E-state index contributed by atoms with van der Waals surface area (Å²) in [6.45, 7) is 3.68. The minimum Gasteiger partial charge on any atom is -0.484 e. The van der Waals surface area contributed by atoms with Crippen LogP contribution in [-0.2, 0) is 20.9 Å². The number of primary amides is 1. The van der Waals surface area contributed by atoms with E-state index in [2.05, 4.69) is 0 Å². The smallest absolute Gasteiger partial charge is 0.338 e. The van der Waals surface area contributed by atoms with Gasteiger partial charge in [-0.25, -0.2) is 4.79 Å². The normalized spacial score (nSPS) is 10.4. The molecule has 28 heavy (non-hydrogen) atoms. The molecule has 2 amide bonds. The zero-order chi connectivity index (χ0) is 20.5. The van der Waals surface area contributed by atoms with E-state index in [9.17, 15) is 14.4 Å². The predicted octanol–water partition coefficient (Wildman–Crippen LogP) is 2.14. The zero-order valence-corrected chi connectivity index (χ0v) is 16.0. The third kappa shape index (κ3) is 6.42. The van der Waals surface area contributed by atoms with E-state index >= 15 is 0 Å². The number of rotatable bonds is 9. The summed E-state index contributed by atoms with van der Waals surface area (Å²) in [4.78, 5) is 37.0. The van der Waals surface area contributed by atoms with Gasteiger partial charge in [-0.15, -0.1) is 0 Å². The van der Waals surface area contributed by atoms with Crippen LogP contribution in [0.15, 0.2) is 54.6 Å². The summed E-state index contributed by atoms with van der Waals surface area (Å²) in [7, 11) is 0. The molecule has 7 nitrogen and oxygen atoms in total. The van der Waals surface area contributed by atoms with Crippen molar-refractivity contribution in [2.75, 3.05) is 13.2 Å². The van der Waals surface area contributed by atoms with Crippen LogP contribution in [0.3, 0.4) is 0 Å². The van der Waals surface area contributed by atoms with E-state index in [0.717, 1.165) is 5.56 Å². The molecule has 0 radical (unpaired) electrons. The third-order valence-electron chi connectivity index (χ3n) is 3.94. The molecule has 7 heteroatoms. The molecular formula is C21H24N2O5. The van der Waals surface area contributed by atoms with Crippen molar-refractivity contribution in [3.05, 3.63) is 65.7 Å². The molecule has 0 aliphatic heterocycles. The second kappa shape index (κ2) is 10.1. The van der Waals surface area contributed by atoms with Gasteiger partial charge in [0.15, 0.2) is 13.2 Å². The highest BCUT2D eigenvalue weighted by molar-refractivity contribution is 5.91. The first-order valence-electron chi connectivity index (χ1n) is 8.88. The number of esters is 1. The van der Waals surface area contributed by atoms with Gasteiger partial charge in [0, 0.05) is 12.6 Å². The molecule has 148 valence electrons. The number of nitrogens with two attached hydrogens (primary N) is 1. The lowest BCUT2D eigenvalue weighted by atomic mass is 10.2. The fourth-order valence-corrected chi connectivity index (χ4v) is 2.47. The molecular weight excluding hydrogens is 360 g/mol. The zero-order valence-electron chi connectivity index (χ0n) is 16.0. The van der Waals surface area contributed by atoms with Crippen molar-refractivity contribution in [3.63, 3.8) is 0 Å². The molecule has 0 spiro atoms. The minimum atomic E-state index is -0.613. The van der Waals surface area contributed by atoms with Gasteiger partial charge in [-0.05, 0) is 43.7 Å². The van der Waals surface area contributed by atoms with E-state index in [-0.39, 0.29) is 30.7 Å². The molecule has 2 rings (SSSR count). The summed E-state index contributed by atoms with van der Waals surface area (Å²) in [6.07, 6.45) is 0. The lowest BCUT2D eigenvalue weighted by Gasteiger charge is -2.26. The first kappa shape index (κ1) is 21.0. The van der Waals surface area contributed by atoms with Gasteiger partial charge in [-0.1, -0.05) is 30.3 Å². The molecule has 2 aromatic carbocycles. The Morgan fingerprint density at radius 2 is 1.61 bits per heavy atom. The van der Waals surface area contributed by atoms with Crippen molar-refractivity contribution in [1.82, 2.24) is 4.90 Å². The van der Waals surface area contributed by atoms with E-state index in [1.165, 1.54) is 24.3 Å². The standard InChI is InChI=1S/C21H24N2O5/c1-15(2)23(12-16-6-4-3-5-7-16)20(25)14-28-21(26)17-8-10-18(11-9-17)27-13-19(22)24/h3-11,15H,12-14H2,1-2H3,(H2,22,24). The Morgan fingerprint density at radius 3 is 2.18 bits per heavy atom. The summed E-state index contributed by atoms with van der Waals surface area (Å²) in [6, 6.07) is 15.6. The lowest BCUT2D eigenvalue weighted by molar-refractivity contribution is -0.137. The number of hydrogen-bond acceptors (Lipinski definition) is 5. The molecule has 0 heterocycles. The molecule has 0 atom stereocenters. The summed E-state index contributed by atoms with van der Waals surface area (Å²) in [5, 5.41) is 0. The number of ether oxygens (including phenoxy) is 2. The van der Waals surface area contributed by atoms with Gasteiger partial charge in [-0.3, -0.25) is 9.59 Å². The van der Waals surface area contributed by atoms with Crippen molar-refractivity contribution in [1.29, 1.82) is 0 Å². The molecule has 2 N–H and O–H groups in total. The number of benzene rings is 2. The van der Waals surface area contributed by atoms with E-state index in [1.54, 1.807) is 4.90 Å². The van der Waals surface area contributed by atoms with Crippen molar-refractivity contribution in [3.8, 4) is 5.75 Å². The highest BCUT2D eigenvalue weighted by Crippen LogP contribution is 2.13. The Hall–Kier alpha value is -3.35.